The third-order valence-electron chi connectivity index (χ3n) is 4.27. The van der Waals surface area contributed by atoms with Crippen LogP contribution in [-0.4, -0.2) is 17.0 Å². The number of halogens is 2. The molecule has 0 aromatic heterocycles. The van der Waals surface area contributed by atoms with E-state index in [2.05, 4.69) is 5.32 Å². The smallest absolute Gasteiger partial charge is 0.337 e. The molecule has 0 saturated carbocycles. The fourth-order valence-corrected chi connectivity index (χ4v) is 3.10. The zero-order valence-electron chi connectivity index (χ0n) is 14.8. The van der Waals surface area contributed by atoms with E-state index in [1.807, 2.05) is 24.3 Å². The van der Waals surface area contributed by atoms with Crippen LogP contribution < -0.4 is 5.32 Å². The molecule has 0 heterocycles. The van der Waals surface area contributed by atoms with Gasteiger partial charge in [0.05, 0.1) is 16.3 Å². The Morgan fingerprint density at radius 1 is 1.00 bits per heavy atom. The molecular weight excluding hydrogens is 381 g/mol. The van der Waals surface area contributed by atoms with Crippen molar-refractivity contribution in [2.24, 2.45) is 0 Å². The molecule has 0 saturated heterocycles. The first kappa shape index (κ1) is 19.6. The van der Waals surface area contributed by atoms with E-state index in [-0.39, 0.29) is 29.4 Å². The van der Waals surface area contributed by atoms with Crippen LogP contribution in [0.5, 0.6) is 0 Å². The molecule has 0 fully saturated rings. The predicted molar refractivity (Wildman–Crippen MR) is 107 cm³/mol. The molecule has 2 N–H and O–H groups in total. The van der Waals surface area contributed by atoms with Crippen molar-refractivity contribution in [3.63, 3.8) is 0 Å². The zero-order valence-corrected chi connectivity index (χ0v) is 15.5. The Labute approximate surface area is 166 Å². The number of hydrogen-bond donors (Lipinski definition) is 2. The quantitative estimate of drug-likeness (QED) is 0.584. The molecule has 3 aromatic carbocycles. The zero-order chi connectivity index (χ0) is 20.1. The lowest BCUT2D eigenvalue weighted by Crippen LogP contribution is -2.15. The number of carboxylic acids is 1. The van der Waals surface area contributed by atoms with Gasteiger partial charge in [-0.3, -0.25) is 4.79 Å². The van der Waals surface area contributed by atoms with Gasteiger partial charge in [0.2, 0.25) is 5.91 Å². The lowest BCUT2D eigenvalue weighted by Gasteiger charge is -2.09. The molecule has 0 aliphatic carbocycles. The molecule has 3 rings (SSSR count). The summed E-state index contributed by atoms with van der Waals surface area (Å²) in [6.45, 7) is 0. The van der Waals surface area contributed by atoms with Crippen LogP contribution in [0.3, 0.4) is 0 Å². The van der Waals surface area contributed by atoms with Crippen LogP contribution in [0.15, 0.2) is 66.7 Å². The minimum atomic E-state index is -1.09. The highest BCUT2D eigenvalue weighted by molar-refractivity contribution is 6.33. The number of carboxylic acid groups (broad SMARTS) is 1. The van der Waals surface area contributed by atoms with E-state index in [1.165, 1.54) is 18.2 Å². The maximum Gasteiger partial charge on any atom is 0.337 e. The molecular formula is C22H17ClFNO3. The maximum absolute atomic E-state index is 13.2. The van der Waals surface area contributed by atoms with E-state index in [9.17, 15) is 14.0 Å². The summed E-state index contributed by atoms with van der Waals surface area (Å²) in [6.07, 6.45) is 0.711. The molecule has 0 radical (unpaired) electrons. The van der Waals surface area contributed by atoms with E-state index < -0.39 is 5.97 Å². The van der Waals surface area contributed by atoms with Crippen LogP contribution >= 0.6 is 11.6 Å². The van der Waals surface area contributed by atoms with Gasteiger partial charge in [0.25, 0.3) is 0 Å². The number of benzene rings is 3. The van der Waals surface area contributed by atoms with Crippen LogP contribution in [0, 0.1) is 5.82 Å². The average molecular weight is 398 g/mol. The molecule has 1 amide bonds. The van der Waals surface area contributed by atoms with Gasteiger partial charge >= 0.3 is 5.97 Å². The maximum atomic E-state index is 13.2. The number of carbonyl (C=O) groups excluding carboxylic acids is 1. The summed E-state index contributed by atoms with van der Waals surface area (Å²) in [5.74, 6) is -1.74. The molecule has 142 valence electrons. The monoisotopic (exact) mass is 397 g/mol. The summed E-state index contributed by atoms with van der Waals surface area (Å²) < 4.78 is 13.2. The Morgan fingerprint density at radius 3 is 2.39 bits per heavy atom. The van der Waals surface area contributed by atoms with Gasteiger partial charge < -0.3 is 10.4 Å². The molecule has 3 aromatic rings. The summed E-state index contributed by atoms with van der Waals surface area (Å²) in [6, 6.07) is 18.0. The first-order valence-electron chi connectivity index (χ1n) is 8.60. The lowest BCUT2D eigenvalue weighted by molar-refractivity contribution is -0.116. The first-order valence-corrected chi connectivity index (χ1v) is 8.98. The summed E-state index contributed by atoms with van der Waals surface area (Å²) in [7, 11) is 0. The number of anilines is 1. The van der Waals surface area contributed by atoms with Crippen molar-refractivity contribution in [3.05, 3.63) is 88.7 Å². The van der Waals surface area contributed by atoms with Crippen molar-refractivity contribution >= 4 is 29.2 Å². The van der Waals surface area contributed by atoms with Gasteiger partial charge in [0.15, 0.2) is 0 Å². The van der Waals surface area contributed by atoms with Crippen molar-refractivity contribution in [1.82, 2.24) is 0 Å². The van der Waals surface area contributed by atoms with Crippen LogP contribution in [0.1, 0.15) is 22.3 Å². The number of para-hydroxylation sites is 1. The van der Waals surface area contributed by atoms with Crippen LogP contribution in [0.25, 0.3) is 11.1 Å². The van der Waals surface area contributed by atoms with Crippen molar-refractivity contribution in [2.75, 3.05) is 5.32 Å². The second-order valence-electron chi connectivity index (χ2n) is 6.22. The highest BCUT2D eigenvalue weighted by Crippen LogP contribution is 2.28. The molecule has 0 atom stereocenters. The minimum absolute atomic E-state index is 0.0522. The molecule has 0 aliphatic heterocycles. The number of carbonyl (C=O) groups is 2. The van der Waals surface area contributed by atoms with Gasteiger partial charge in [-0.1, -0.05) is 48.0 Å². The number of aryl methyl sites for hydroxylation is 1. The van der Waals surface area contributed by atoms with E-state index in [4.69, 9.17) is 16.7 Å². The summed E-state index contributed by atoms with van der Waals surface area (Å²) in [5, 5.41) is 12.1. The number of rotatable bonds is 6. The van der Waals surface area contributed by atoms with E-state index in [0.29, 0.717) is 11.4 Å². The highest BCUT2D eigenvalue weighted by Gasteiger charge is 2.12. The van der Waals surface area contributed by atoms with E-state index in [1.54, 1.807) is 24.3 Å². The van der Waals surface area contributed by atoms with Crippen LogP contribution in [0.4, 0.5) is 10.1 Å². The highest BCUT2D eigenvalue weighted by atomic mass is 35.5. The minimum Gasteiger partial charge on any atom is -0.478 e. The Bertz CT molecular complexity index is 1020. The topological polar surface area (TPSA) is 66.4 Å². The summed E-state index contributed by atoms with van der Waals surface area (Å²) in [4.78, 5) is 23.4. The third kappa shape index (κ3) is 4.75. The van der Waals surface area contributed by atoms with E-state index in [0.717, 1.165) is 16.7 Å². The van der Waals surface area contributed by atoms with Gasteiger partial charge in [-0.05, 0) is 47.9 Å². The van der Waals surface area contributed by atoms with Gasteiger partial charge in [0.1, 0.15) is 5.82 Å². The molecule has 0 bridgehead atoms. The Balaban J connectivity index is 1.62. The number of aromatic carboxylic acids is 1. The van der Waals surface area contributed by atoms with Gasteiger partial charge in [-0.15, -0.1) is 0 Å². The number of amides is 1. The fraction of sp³-hybridized carbons (Fsp3) is 0.0909. The van der Waals surface area contributed by atoms with Crippen LogP contribution in [-0.2, 0) is 11.2 Å². The van der Waals surface area contributed by atoms with Gasteiger partial charge in [0, 0.05) is 12.0 Å². The Kier molecular flexibility index (Phi) is 6.06. The predicted octanol–water partition coefficient (Wildman–Crippen LogP) is 5.42. The molecule has 0 unspecified atom stereocenters. The number of hydrogen-bond acceptors (Lipinski definition) is 2. The van der Waals surface area contributed by atoms with Gasteiger partial charge in [-0.25, -0.2) is 9.18 Å². The van der Waals surface area contributed by atoms with Gasteiger partial charge in [-0.2, -0.15) is 0 Å². The van der Waals surface area contributed by atoms with E-state index >= 15 is 0 Å². The van der Waals surface area contributed by atoms with Crippen molar-refractivity contribution < 1.29 is 19.1 Å². The molecule has 4 nitrogen and oxygen atoms in total. The Hall–Kier alpha value is -3.18. The Morgan fingerprint density at radius 2 is 1.71 bits per heavy atom. The van der Waals surface area contributed by atoms with Crippen molar-refractivity contribution in [3.8, 4) is 11.1 Å². The SMILES string of the molecule is O=C(CCc1ccc(-c2ccc(F)cc2Cl)cc1)Nc1ccccc1C(=O)O. The normalized spacial score (nSPS) is 10.5. The molecule has 0 aliphatic rings. The van der Waals surface area contributed by atoms with Crippen molar-refractivity contribution in [1.29, 1.82) is 0 Å². The standard InChI is InChI=1S/C22H17ClFNO3/c23-19-13-16(24)10-11-17(19)15-8-5-14(6-9-15)7-12-21(26)25-20-4-2-1-3-18(20)22(27)28/h1-6,8-11,13H,7,12H2,(H,25,26)(H,27,28). The van der Waals surface area contributed by atoms with Crippen LogP contribution in [0.2, 0.25) is 5.02 Å². The number of nitrogens with one attached hydrogen (secondary N) is 1. The first-order chi connectivity index (χ1) is 13.4. The summed E-state index contributed by atoms with van der Waals surface area (Å²) >= 11 is 6.08. The molecule has 28 heavy (non-hydrogen) atoms. The third-order valence-corrected chi connectivity index (χ3v) is 4.58. The molecule has 0 spiro atoms. The summed E-state index contributed by atoms with van der Waals surface area (Å²) in [5.41, 5.74) is 2.87. The lowest BCUT2D eigenvalue weighted by atomic mass is 10.0. The average Bonchev–Trinajstić information content (AvgIpc) is 2.67. The second kappa shape index (κ2) is 8.67. The fourth-order valence-electron chi connectivity index (χ4n) is 2.82. The second-order valence-corrected chi connectivity index (χ2v) is 6.63. The van der Waals surface area contributed by atoms with Crippen molar-refractivity contribution in [2.45, 2.75) is 12.8 Å². The molecule has 6 heteroatoms. The largest absolute Gasteiger partial charge is 0.478 e.